The monoisotopic (exact) mass is 281 g/mol. The smallest absolute Gasteiger partial charge is 0.248 e. The Morgan fingerprint density at radius 3 is 2.89 bits per heavy atom. The maximum absolute atomic E-state index is 12.4. The van der Waals surface area contributed by atoms with Crippen LogP contribution in [0.1, 0.15) is 25.8 Å². The van der Waals surface area contributed by atoms with Gasteiger partial charge in [0, 0.05) is 18.9 Å². The van der Waals surface area contributed by atoms with Gasteiger partial charge in [0.2, 0.25) is 11.8 Å². The number of aromatic nitrogens is 1. The van der Waals surface area contributed by atoms with Crippen LogP contribution in [-0.2, 0) is 16.1 Å². The van der Waals surface area contributed by atoms with Gasteiger partial charge < -0.3 is 10.2 Å². The number of hydrogen-bond donors (Lipinski definition) is 1. The van der Waals surface area contributed by atoms with E-state index in [1.165, 1.54) is 11.1 Å². The van der Waals surface area contributed by atoms with Crippen LogP contribution >= 0.6 is 11.6 Å². The van der Waals surface area contributed by atoms with Gasteiger partial charge in [0.1, 0.15) is 5.54 Å². The molecule has 1 fully saturated rings. The molecule has 1 N–H and O–H groups in total. The number of carbonyl (C=O) groups excluding carboxylic acids is 2. The van der Waals surface area contributed by atoms with Crippen LogP contribution in [0, 0.1) is 0 Å². The van der Waals surface area contributed by atoms with Gasteiger partial charge >= 0.3 is 0 Å². The van der Waals surface area contributed by atoms with Crippen molar-refractivity contribution in [3.8, 4) is 0 Å². The molecule has 1 aromatic heterocycles. The molecule has 2 rings (SSSR count). The molecule has 0 bridgehead atoms. The van der Waals surface area contributed by atoms with E-state index in [4.69, 9.17) is 11.6 Å². The zero-order chi connectivity index (χ0) is 14.0. The van der Waals surface area contributed by atoms with Crippen molar-refractivity contribution in [1.29, 1.82) is 0 Å². The third-order valence-electron chi connectivity index (χ3n) is 3.43. The second kappa shape index (κ2) is 5.17. The summed E-state index contributed by atoms with van der Waals surface area (Å²) >= 11 is 6.03. The summed E-state index contributed by atoms with van der Waals surface area (Å²) in [5.74, 6) is -0.225. The minimum Gasteiger partial charge on any atom is -0.340 e. The fourth-order valence-corrected chi connectivity index (χ4v) is 2.28. The van der Waals surface area contributed by atoms with Crippen LogP contribution in [0.25, 0.3) is 0 Å². The lowest BCUT2D eigenvalue weighted by Crippen LogP contribution is -2.64. The molecule has 0 radical (unpaired) electrons. The average Bonchev–Trinajstić information content (AvgIpc) is 2.38. The summed E-state index contributed by atoms with van der Waals surface area (Å²) in [5, 5.41) is 3.25. The fourth-order valence-electron chi connectivity index (χ4n) is 2.10. The molecule has 0 saturated carbocycles. The highest BCUT2D eigenvalue weighted by Crippen LogP contribution is 2.22. The van der Waals surface area contributed by atoms with Crippen LogP contribution < -0.4 is 5.32 Å². The molecule has 1 atom stereocenters. The number of nitrogens with zero attached hydrogens (tertiary/aromatic N) is 2. The summed E-state index contributed by atoms with van der Waals surface area (Å²) in [6, 6.07) is 1.76. The van der Waals surface area contributed by atoms with Gasteiger partial charge in [0.15, 0.2) is 0 Å². The molecule has 0 aliphatic carbocycles. The highest BCUT2D eigenvalue weighted by molar-refractivity contribution is 6.31. The molecule has 1 unspecified atom stereocenters. The standard InChI is InChI=1S/C13H16ClN3O2/c1-3-13(2)12(19)17(8-11(18)16-13)7-9-4-5-15-6-10(9)14/h4-6H,3,7-8H2,1-2H3,(H,16,18). The number of piperazine rings is 1. The van der Waals surface area contributed by atoms with Crippen LogP contribution in [0.5, 0.6) is 0 Å². The molecule has 5 nitrogen and oxygen atoms in total. The molecule has 1 aromatic rings. The van der Waals surface area contributed by atoms with Crippen LogP contribution in [0.4, 0.5) is 0 Å². The molecule has 2 heterocycles. The van der Waals surface area contributed by atoms with E-state index in [9.17, 15) is 9.59 Å². The Hall–Kier alpha value is -1.62. The third-order valence-corrected chi connectivity index (χ3v) is 3.77. The lowest BCUT2D eigenvalue weighted by molar-refractivity contribution is -0.149. The molecular weight excluding hydrogens is 266 g/mol. The summed E-state index contributed by atoms with van der Waals surface area (Å²) in [6.07, 6.45) is 3.71. The molecule has 1 saturated heterocycles. The van der Waals surface area contributed by atoms with Crippen molar-refractivity contribution in [3.05, 3.63) is 29.0 Å². The predicted molar refractivity (Wildman–Crippen MR) is 71.5 cm³/mol. The highest BCUT2D eigenvalue weighted by atomic mass is 35.5. The van der Waals surface area contributed by atoms with Crippen molar-refractivity contribution in [1.82, 2.24) is 15.2 Å². The Morgan fingerprint density at radius 1 is 1.53 bits per heavy atom. The molecule has 2 amide bonds. The zero-order valence-electron chi connectivity index (χ0n) is 10.9. The van der Waals surface area contributed by atoms with Gasteiger partial charge in [-0.05, 0) is 25.0 Å². The molecule has 1 aliphatic rings. The van der Waals surface area contributed by atoms with Crippen LogP contribution in [-0.4, -0.2) is 33.8 Å². The first-order valence-electron chi connectivity index (χ1n) is 6.15. The molecule has 19 heavy (non-hydrogen) atoms. The summed E-state index contributed by atoms with van der Waals surface area (Å²) in [7, 11) is 0. The number of carbonyl (C=O) groups is 2. The number of nitrogens with one attached hydrogen (secondary N) is 1. The van der Waals surface area contributed by atoms with Crippen LogP contribution in [0.15, 0.2) is 18.5 Å². The van der Waals surface area contributed by atoms with Crippen molar-refractivity contribution in [2.24, 2.45) is 0 Å². The van der Waals surface area contributed by atoms with Crippen molar-refractivity contribution in [3.63, 3.8) is 0 Å². The number of rotatable bonds is 3. The van der Waals surface area contributed by atoms with E-state index in [2.05, 4.69) is 10.3 Å². The minimum absolute atomic E-state index is 0.0626. The van der Waals surface area contributed by atoms with E-state index < -0.39 is 5.54 Å². The van der Waals surface area contributed by atoms with Crippen LogP contribution in [0.3, 0.4) is 0 Å². The van der Waals surface area contributed by atoms with Crippen molar-refractivity contribution < 1.29 is 9.59 Å². The van der Waals surface area contributed by atoms with E-state index in [0.29, 0.717) is 18.0 Å². The van der Waals surface area contributed by atoms with Crippen molar-refractivity contribution >= 4 is 23.4 Å². The summed E-state index contributed by atoms with van der Waals surface area (Å²) < 4.78 is 0. The molecule has 102 valence electrons. The van der Waals surface area contributed by atoms with Crippen LogP contribution in [0.2, 0.25) is 5.02 Å². The number of halogens is 1. The zero-order valence-corrected chi connectivity index (χ0v) is 11.7. The second-order valence-corrected chi connectivity index (χ2v) is 5.27. The van der Waals surface area contributed by atoms with Gasteiger partial charge in [-0.15, -0.1) is 0 Å². The Bertz CT molecular complexity index is 520. The molecule has 6 heteroatoms. The largest absolute Gasteiger partial charge is 0.340 e. The third kappa shape index (κ3) is 2.71. The van der Waals surface area contributed by atoms with Gasteiger partial charge in [-0.2, -0.15) is 0 Å². The fraction of sp³-hybridized carbons (Fsp3) is 0.462. The lowest BCUT2D eigenvalue weighted by Gasteiger charge is -2.39. The Balaban J connectivity index is 2.22. The molecule has 0 aromatic carbocycles. The number of hydrogen-bond acceptors (Lipinski definition) is 3. The maximum Gasteiger partial charge on any atom is 0.248 e. The second-order valence-electron chi connectivity index (χ2n) is 4.86. The highest BCUT2D eigenvalue weighted by Gasteiger charge is 2.41. The lowest BCUT2D eigenvalue weighted by atomic mass is 9.94. The van der Waals surface area contributed by atoms with Crippen molar-refractivity contribution in [2.45, 2.75) is 32.4 Å². The maximum atomic E-state index is 12.4. The van der Waals surface area contributed by atoms with Gasteiger partial charge in [0.25, 0.3) is 0 Å². The minimum atomic E-state index is -0.825. The summed E-state index contributed by atoms with van der Waals surface area (Å²) in [5.41, 5.74) is -0.0346. The van der Waals surface area contributed by atoms with Gasteiger partial charge in [-0.25, -0.2) is 0 Å². The Morgan fingerprint density at radius 2 is 2.26 bits per heavy atom. The summed E-state index contributed by atoms with van der Waals surface area (Å²) in [4.78, 5) is 29.5. The van der Waals surface area contributed by atoms with E-state index in [1.807, 2.05) is 6.92 Å². The van der Waals surface area contributed by atoms with Gasteiger partial charge in [-0.3, -0.25) is 14.6 Å². The normalized spacial score (nSPS) is 23.4. The molecular formula is C13H16ClN3O2. The van der Waals surface area contributed by atoms with Gasteiger partial charge in [0.05, 0.1) is 11.6 Å². The molecule has 0 spiro atoms. The van der Waals surface area contributed by atoms with Gasteiger partial charge in [-0.1, -0.05) is 18.5 Å². The van der Waals surface area contributed by atoms with E-state index >= 15 is 0 Å². The number of pyridine rings is 1. The van der Waals surface area contributed by atoms with E-state index in [-0.39, 0.29) is 18.4 Å². The van der Waals surface area contributed by atoms with E-state index in [1.54, 1.807) is 19.2 Å². The number of amides is 2. The topological polar surface area (TPSA) is 62.3 Å². The first-order valence-corrected chi connectivity index (χ1v) is 6.53. The SMILES string of the molecule is CCC1(C)NC(=O)CN(Cc2ccncc2Cl)C1=O. The average molecular weight is 282 g/mol. The molecule has 1 aliphatic heterocycles. The Labute approximate surface area is 117 Å². The Kier molecular flexibility index (Phi) is 3.75. The quantitative estimate of drug-likeness (QED) is 0.910. The first kappa shape index (κ1) is 13.8. The van der Waals surface area contributed by atoms with Crippen molar-refractivity contribution in [2.75, 3.05) is 6.54 Å². The summed E-state index contributed by atoms with van der Waals surface area (Å²) in [6.45, 7) is 4.00. The predicted octanol–water partition coefficient (Wildman–Crippen LogP) is 1.36. The first-order chi connectivity index (χ1) is 8.96. The van der Waals surface area contributed by atoms with E-state index in [0.717, 1.165) is 5.56 Å².